The minimum Gasteiger partial charge on any atom is -0.366 e. The van der Waals surface area contributed by atoms with Gasteiger partial charge in [-0.15, -0.1) is 0 Å². The molecule has 3 N–H and O–H groups in total. The van der Waals surface area contributed by atoms with Gasteiger partial charge >= 0.3 is 0 Å². The summed E-state index contributed by atoms with van der Waals surface area (Å²) < 4.78 is 0. The van der Waals surface area contributed by atoms with Crippen LogP contribution in [0.5, 0.6) is 0 Å². The summed E-state index contributed by atoms with van der Waals surface area (Å²) in [5, 5.41) is 20.9. The first-order chi connectivity index (χ1) is 8.00. The highest BCUT2D eigenvalue weighted by molar-refractivity contribution is 5.94. The molecule has 1 aromatic rings. The Hall–Kier alpha value is -1.46. The van der Waals surface area contributed by atoms with E-state index in [-0.39, 0.29) is 11.8 Å². The van der Waals surface area contributed by atoms with E-state index in [4.69, 9.17) is 0 Å². The Bertz CT molecular complexity index is 352. The first kappa shape index (κ1) is 13.6. The van der Waals surface area contributed by atoms with Gasteiger partial charge in [-0.25, -0.2) is 0 Å². The van der Waals surface area contributed by atoms with Crippen LogP contribution in [-0.4, -0.2) is 33.4 Å². The molecule has 0 fully saturated rings. The van der Waals surface area contributed by atoms with E-state index in [0.29, 0.717) is 12.0 Å². The summed E-state index contributed by atoms with van der Waals surface area (Å²) in [5.74, 6) is -0.0900. The first-order valence-electron chi connectivity index (χ1n) is 5.57. The largest absolute Gasteiger partial charge is 0.366 e. The molecule has 0 spiro atoms. The maximum absolute atomic E-state index is 11.8. The topological polar surface area (TPSA) is 82.5 Å². The minimum absolute atomic E-state index is 0.260. The summed E-state index contributed by atoms with van der Waals surface area (Å²) in [7, 11) is 0. The minimum atomic E-state index is -1.56. The SMILES string of the molecule is CC(C)CC(NC(=O)c1cccnc1)C(O)O. The van der Waals surface area contributed by atoms with E-state index >= 15 is 0 Å². The molecule has 0 aliphatic heterocycles. The van der Waals surface area contributed by atoms with Crippen LogP contribution in [0.3, 0.4) is 0 Å². The number of aliphatic hydroxyl groups is 2. The zero-order valence-corrected chi connectivity index (χ0v) is 10.00. The monoisotopic (exact) mass is 238 g/mol. The van der Waals surface area contributed by atoms with Crippen LogP contribution in [0.2, 0.25) is 0 Å². The van der Waals surface area contributed by atoms with Gasteiger partial charge in [0.05, 0.1) is 11.6 Å². The number of nitrogens with one attached hydrogen (secondary N) is 1. The molecule has 0 radical (unpaired) electrons. The van der Waals surface area contributed by atoms with Gasteiger partial charge in [0.2, 0.25) is 0 Å². The number of rotatable bonds is 5. The van der Waals surface area contributed by atoms with E-state index in [0.717, 1.165) is 0 Å². The standard InChI is InChI=1S/C12H18N2O3/c1-8(2)6-10(12(16)17)14-11(15)9-4-3-5-13-7-9/h3-5,7-8,10,12,16-17H,6H2,1-2H3,(H,14,15). The summed E-state index contributed by atoms with van der Waals surface area (Å²) in [6, 6.07) is 2.61. The van der Waals surface area contributed by atoms with Crippen LogP contribution >= 0.6 is 0 Å². The Morgan fingerprint density at radius 3 is 2.65 bits per heavy atom. The molecule has 1 atom stereocenters. The average molecular weight is 238 g/mol. The molecule has 0 bridgehead atoms. The fourth-order valence-corrected chi connectivity index (χ4v) is 1.51. The molecule has 0 saturated heterocycles. The smallest absolute Gasteiger partial charge is 0.253 e. The van der Waals surface area contributed by atoms with Crippen molar-refractivity contribution in [3.8, 4) is 0 Å². The van der Waals surface area contributed by atoms with Crippen molar-refractivity contribution < 1.29 is 15.0 Å². The molecule has 17 heavy (non-hydrogen) atoms. The van der Waals surface area contributed by atoms with Gasteiger partial charge in [-0.2, -0.15) is 0 Å². The second-order valence-corrected chi connectivity index (χ2v) is 4.36. The molecule has 94 valence electrons. The van der Waals surface area contributed by atoms with Crippen molar-refractivity contribution in [2.75, 3.05) is 0 Å². The van der Waals surface area contributed by atoms with Gasteiger partial charge in [0, 0.05) is 12.4 Å². The van der Waals surface area contributed by atoms with Gasteiger partial charge in [-0.1, -0.05) is 13.8 Å². The maximum Gasteiger partial charge on any atom is 0.253 e. The van der Waals surface area contributed by atoms with E-state index in [1.165, 1.54) is 6.20 Å². The zero-order valence-electron chi connectivity index (χ0n) is 10.00. The number of pyridine rings is 1. The van der Waals surface area contributed by atoms with Crippen LogP contribution in [0, 0.1) is 5.92 Å². The Morgan fingerprint density at radius 1 is 1.47 bits per heavy atom. The number of aliphatic hydroxyl groups excluding tert-OH is 1. The molecule has 0 aromatic carbocycles. The highest BCUT2D eigenvalue weighted by Gasteiger charge is 2.20. The number of hydrogen-bond acceptors (Lipinski definition) is 4. The number of hydrogen-bond donors (Lipinski definition) is 3. The normalized spacial score (nSPS) is 12.8. The Morgan fingerprint density at radius 2 is 2.18 bits per heavy atom. The van der Waals surface area contributed by atoms with E-state index < -0.39 is 12.3 Å². The van der Waals surface area contributed by atoms with Crippen LogP contribution in [-0.2, 0) is 0 Å². The van der Waals surface area contributed by atoms with Gasteiger partial charge < -0.3 is 15.5 Å². The lowest BCUT2D eigenvalue weighted by atomic mass is 10.0. The predicted octanol–water partition coefficient (Wildman–Crippen LogP) is 0.537. The molecule has 5 heteroatoms. The third-order valence-electron chi connectivity index (χ3n) is 2.33. The van der Waals surface area contributed by atoms with Crippen molar-refractivity contribution in [1.29, 1.82) is 0 Å². The lowest BCUT2D eigenvalue weighted by molar-refractivity contribution is -0.0690. The quantitative estimate of drug-likeness (QED) is 0.654. The molecule has 1 heterocycles. The number of carbonyl (C=O) groups is 1. The predicted molar refractivity (Wildman–Crippen MR) is 63.2 cm³/mol. The summed E-state index contributed by atoms with van der Waals surface area (Å²) in [6.45, 7) is 3.90. The molecule has 5 nitrogen and oxygen atoms in total. The molecular weight excluding hydrogens is 220 g/mol. The third-order valence-corrected chi connectivity index (χ3v) is 2.33. The summed E-state index contributed by atoms with van der Waals surface area (Å²) in [6.07, 6.45) is 1.95. The molecule has 1 amide bonds. The van der Waals surface area contributed by atoms with Crippen molar-refractivity contribution in [2.45, 2.75) is 32.6 Å². The number of aromatic nitrogens is 1. The second kappa shape index (κ2) is 6.32. The van der Waals surface area contributed by atoms with E-state index in [1.54, 1.807) is 18.3 Å². The molecule has 1 unspecified atom stereocenters. The van der Waals surface area contributed by atoms with Crippen LogP contribution in [0.1, 0.15) is 30.6 Å². The lowest BCUT2D eigenvalue weighted by Crippen LogP contribution is -2.44. The van der Waals surface area contributed by atoms with Gasteiger partial charge in [-0.3, -0.25) is 9.78 Å². The molecule has 1 rings (SSSR count). The Labute approximate surface area is 101 Å². The number of carbonyl (C=O) groups excluding carboxylic acids is 1. The van der Waals surface area contributed by atoms with Crippen molar-refractivity contribution in [3.05, 3.63) is 30.1 Å². The molecule has 0 aliphatic carbocycles. The van der Waals surface area contributed by atoms with E-state index in [1.807, 2.05) is 13.8 Å². The lowest BCUT2D eigenvalue weighted by Gasteiger charge is -2.22. The van der Waals surface area contributed by atoms with Crippen molar-refractivity contribution in [2.24, 2.45) is 5.92 Å². The van der Waals surface area contributed by atoms with Gasteiger partial charge in [0.1, 0.15) is 0 Å². The molecule has 0 aliphatic rings. The number of amides is 1. The average Bonchev–Trinajstić information content (AvgIpc) is 2.28. The highest BCUT2D eigenvalue weighted by Crippen LogP contribution is 2.08. The fraction of sp³-hybridized carbons (Fsp3) is 0.500. The van der Waals surface area contributed by atoms with Crippen molar-refractivity contribution >= 4 is 5.91 Å². The second-order valence-electron chi connectivity index (χ2n) is 4.36. The molecule has 1 aromatic heterocycles. The van der Waals surface area contributed by atoms with E-state index in [2.05, 4.69) is 10.3 Å². The fourth-order valence-electron chi connectivity index (χ4n) is 1.51. The van der Waals surface area contributed by atoms with Crippen LogP contribution in [0.15, 0.2) is 24.5 Å². The third kappa shape index (κ3) is 4.50. The van der Waals surface area contributed by atoms with Crippen molar-refractivity contribution in [3.63, 3.8) is 0 Å². The highest BCUT2D eigenvalue weighted by atomic mass is 16.5. The summed E-state index contributed by atoms with van der Waals surface area (Å²) in [5.41, 5.74) is 0.405. The summed E-state index contributed by atoms with van der Waals surface area (Å²) in [4.78, 5) is 15.6. The zero-order chi connectivity index (χ0) is 12.8. The maximum atomic E-state index is 11.8. The van der Waals surface area contributed by atoms with Crippen LogP contribution < -0.4 is 5.32 Å². The van der Waals surface area contributed by atoms with Crippen LogP contribution in [0.25, 0.3) is 0 Å². The van der Waals surface area contributed by atoms with Crippen molar-refractivity contribution in [1.82, 2.24) is 10.3 Å². The molecule has 0 saturated carbocycles. The Kier molecular flexibility index (Phi) is 5.06. The van der Waals surface area contributed by atoms with Gasteiger partial charge in [-0.05, 0) is 24.5 Å². The molecular formula is C12H18N2O3. The number of nitrogens with zero attached hydrogens (tertiary/aromatic N) is 1. The first-order valence-corrected chi connectivity index (χ1v) is 5.57. The van der Waals surface area contributed by atoms with Gasteiger partial charge in [0.25, 0.3) is 5.91 Å². The van der Waals surface area contributed by atoms with Crippen LogP contribution in [0.4, 0.5) is 0 Å². The Balaban J connectivity index is 2.65. The van der Waals surface area contributed by atoms with Gasteiger partial charge in [0.15, 0.2) is 6.29 Å². The summed E-state index contributed by atoms with van der Waals surface area (Å²) >= 11 is 0. The van der Waals surface area contributed by atoms with E-state index in [9.17, 15) is 15.0 Å².